The molecule has 0 saturated carbocycles. The lowest BCUT2D eigenvalue weighted by Gasteiger charge is -2.13. The Hall–Kier alpha value is -2.32. The lowest BCUT2D eigenvalue weighted by Crippen LogP contribution is -2.37. The second-order valence-corrected chi connectivity index (χ2v) is 6.85. The van der Waals surface area contributed by atoms with Gasteiger partial charge in [0.2, 0.25) is 0 Å². The van der Waals surface area contributed by atoms with Crippen LogP contribution in [0.15, 0.2) is 77.9 Å². The molecule has 30 heavy (non-hydrogen) atoms. The summed E-state index contributed by atoms with van der Waals surface area (Å²) in [6.07, 6.45) is 2.60. The van der Waals surface area contributed by atoms with Crippen molar-refractivity contribution in [3.8, 4) is 5.75 Å². The number of aliphatic imine (C=N–C) groups is 1. The van der Waals surface area contributed by atoms with Crippen LogP contribution in [-0.2, 0) is 19.6 Å². The largest absolute Gasteiger partial charge is 0.487 e. The van der Waals surface area contributed by atoms with Gasteiger partial charge in [-0.25, -0.2) is 0 Å². The van der Waals surface area contributed by atoms with Crippen LogP contribution < -0.4 is 15.4 Å². The van der Waals surface area contributed by atoms with Gasteiger partial charge in [-0.15, -0.1) is 24.0 Å². The quantitative estimate of drug-likeness (QED) is 0.246. The van der Waals surface area contributed by atoms with Gasteiger partial charge in [0.05, 0.1) is 5.69 Å². The van der Waals surface area contributed by atoms with Gasteiger partial charge in [0.1, 0.15) is 12.4 Å². The van der Waals surface area contributed by atoms with Crippen LogP contribution in [0, 0.1) is 0 Å². The van der Waals surface area contributed by atoms with Gasteiger partial charge in [-0.05, 0) is 47.9 Å². The summed E-state index contributed by atoms with van der Waals surface area (Å²) in [6, 6.07) is 21.7. The van der Waals surface area contributed by atoms with E-state index < -0.39 is 0 Å². The van der Waals surface area contributed by atoms with Gasteiger partial charge in [-0.2, -0.15) is 0 Å². The second kappa shape index (κ2) is 13.1. The first-order valence-electron chi connectivity index (χ1n) is 9.54. The monoisotopic (exact) mass is 536 g/mol. The summed E-state index contributed by atoms with van der Waals surface area (Å²) < 4.78 is 5.77. The Morgan fingerprint density at radius 1 is 1.00 bits per heavy atom. The Balaban J connectivity index is 0.00000320. The third kappa shape index (κ3) is 7.84. The van der Waals surface area contributed by atoms with Gasteiger partial charge < -0.3 is 15.4 Å². The van der Waals surface area contributed by atoms with Crippen molar-refractivity contribution in [3.63, 3.8) is 0 Å². The molecule has 0 saturated heterocycles. The summed E-state index contributed by atoms with van der Waals surface area (Å²) in [7, 11) is 1.76. The maximum Gasteiger partial charge on any atom is 0.191 e. The molecule has 2 aromatic carbocycles. The number of pyridine rings is 1. The maximum absolute atomic E-state index is 6.20. The minimum Gasteiger partial charge on any atom is -0.487 e. The minimum absolute atomic E-state index is 0. The normalized spacial score (nSPS) is 10.8. The number of hydrogen-bond donors (Lipinski definition) is 2. The Kier molecular flexibility index (Phi) is 10.4. The molecule has 0 spiro atoms. The van der Waals surface area contributed by atoms with E-state index >= 15 is 0 Å². The summed E-state index contributed by atoms with van der Waals surface area (Å²) in [6.45, 7) is 1.89. The van der Waals surface area contributed by atoms with Gasteiger partial charge in [-0.3, -0.25) is 9.98 Å². The summed E-state index contributed by atoms with van der Waals surface area (Å²) in [5, 5.41) is 7.43. The first-order chi connectivity index (χ1) is 14.2. The molecular weight excluding hydrogens is 511 g/mol. The molecule has 7 heteroatoms. The van der Waals surface area contributed by atoms with Crippen LogP contribution >= 0.6 is 35.6 Å². The van der Waals surface area contributed by atoms with Crippen molar-refractivity contribution < 1.29 is 4.74 Å². The molecular formula is C23H26ClIN4O. The molecule has 5 nitrogen and oxygen atoms in total. The van der Waals surface area contributed by atoms with E-state index in [0.29, 0.717) is 13.2 Å². The minimum atomic E-state index is 0. The predicted molar refractivity (Wildman–Crippen MR) is 134 cm³/mol. The molecule has 158 valence electrons. The number of nitrogens with one attached hydrogen (secondary N) is 2. The van der Waals surface area contributed by atoms with Crippen molar-refractivity contribution in [2.75, 3.05) is 13.6 Å². The van der Waals surface area contributed by atoms with Gasteiger partial charge >= 0.3 is 0 Å². The number of hydrogen-bond acceptors (Lipinski definition) is 3. The number of guanidine groups is 1. The molecule has 0 unspecified atom stereocenters. The molecule has 0 bridgehead atoms. The van der Waals surface area contributed by atoms with Crippen molar-refractivity contribution in [1.82, 2.24) is 15.6 Å². The SMILES string of the molecule is CN=C(NCCc1ccccc1Cl)NCc1ccc(OCc2ccccn2)cc1.I. The second-order valence-electron chi connectivity index (χ2n) is 6.45. The van der Waals surface area contributed by atoms with E-state index in [1.807, 2.05) is 66.7 Å². The summed E-state index contributed by atoms with van der Waals surface area (Å²) in [5.74, 6) is 1.58. The molecule has 0 aliphatic heterocycles. The van der Waals surface area contributed by atoms with Crippen LogP contribution in [0.25, 0.3) is 0 Å². The highest BCUT2D eigenvalue weighted by molar-refractivity contribution is 14.0. The fraction of sp³-hybridized carbons (Fsp3) is 0.217. The highest BCUT2D eigenvalue weighted by atomic mass is 127. The lowest BCUT2D eigenvalue weighted by atomic mass is 10.1. The van der Waals surface area contributed by atoms with E-state index in [0.717, 1.165) is 46.5 Å². The molecule has 0 atom stereocenters. The Morgan fingerprint density at radius 3 is 2.47 bits per heavy atom. The summed E-state index contributed by atoms with van der Waals surface area (Å²) in [5.41, 5.74) is 3.17. The Bertz CT molecular complexity index is 920. The number of rotatable bonds is 8. The van der Waals surface area contributed by atoms with Crippen LogP contribution in [0.3, 0.4) is 0 Å². The number of ether oxygens (including phenoxy) is 1. The first kappa shape index (κ1) is 24.0. The highest BCUT2D eigenvalue weighted by Gasteiger charge is 2.02. The van der Waals surface area contributed by atoms with Gasteiger partial charge in [0.15, 0.2) is 5.96 Å². The molecule has 0 aliphatic carbocycles. The molecule has 1 aromatic heterocycles. The highest BCUT2D eigenvalue weighted by Crippen LogP contribution is 2.15. The van der Waals surface area contributed by atoms with Crippen LogP contribution in [0.4, 0.5) is 0 Å². The van der Waals surface area contributed by atoms with E-state index in [2.05, 4.69) is 20.6 Å². The summed E-state index contributed by atoms with van der Waals surface area (Å²) in [4.78, 5) is 8.52. The number of benzene rings is 2. The van der Waals surface area contributed by atoms with Gasteiger partial charge in [0, 0.05) is 31.4 Å². The van der Waals surface area contributed by atoms with Crippen molar-refractivity contribution >= 4 is 41.5 Å². The van der Waals surface area contributed by atoms with Crippen LogP contribution in [-0.4, -0.2) is 24.5 Å². The average molecular weight is 537 g/mol. The first-order valence-corrected chi connectivity index (χ1v) is 9.92. The third-order valence-corrected chi connectivity index (χ3v) is 4.73. The zero-order valence-electron chi connectivity index (χ0n) is 16.8. The smallest absolute Gasteiger partial charge is 0.191 e. The van der Waals surface area contributed by atoms with Crippen molar-refractivity contribution in [2.24, 2.45) is 4.99 Å². The number of aromatic nitrogens is 1. The molecule has 0 amide bonds. The Labute approximate surface area is 200 Å². The zero-order valence-corrected chi connectivity index (χ0v) is 19.9. The van der Waals surface area contributed by atoms with Crippen molar-refractivity contribution in [2.45, 2.75) is 19.6 Å². The van der Waals surface area contributed by atoms with E-state index in [1.54, 1.807) is 13.2 Å². The fourth-order valence-corrected chi connectivity index (χ4v) is 3.00. The van der Waals surface area contributed by atoms with Crippen molar-refractivity contribution in [3.05, 3.63) is 94.8 Å². The molecule has 3 rings (SSSR count). The van der Waals surface area contributed by atoms with Gasteiger partial charge in [0.25, 0.3) is 0 Å². The van der Waals surface area contributed by atoms with Gasteiger partial charge in [-0.1, -0.05) is 48.0 Å². The molecule has 3 aromatic rings. The van der Waals surface area contributed by atoms with E-state index in [4.69, 9.17) is 16.3 Å². The van der Waals surface area contributed by atoms with E-state index in [9.17, 15) is 0 Å². The number of halogens is 2. The third-order valence-electron chi connectivity index (χ3n) is 4.36. The topological polar surface area (TPSA) is 58.5 Å². The van der Waals surface area contributed by atoms with Crippen LogP contribution in [0.1, 0.15) is 16.8 Å². The molecule has 0 radical (unpaired) electrons. The predicted octanol–water partition coefficient (Wildman–Crippen LogP) is 4.84. The standard InChI is InChI=1S/C23H25ClN4O.HI/c1-25-23(27-15-13-19-6-2-3-8-22(19)24)28-16-18-9-11-21(12-10-18)29-17-20-7-4-5-14-26-20;/h2-12,14H,13,15-17H2,1H3,(H2,25,27,28);1H. The average Bonchev–Trinajstić information content (AvgIpc) is 2.77. The van der Waals surface area contributed by atoms with Crippen molar-refractivity contribution in [1.29, 1.82) is 0 Å². The lowest BCUT2D eigenvalue weighted by molar-refractivity contribution is 0.301. The van der Waals surface area contributed by atoms with Crippen LogP contribution in [0.5, 0.6) is 5.75 Å². The van der Waals surface area contributed by atoms with Crippen LogP contribution in [0.2, 0.25) is 5.02 Å². The fourth-order valence-electron chi connectivity index (χ4n) is 2.77. The van der Waals surface area contributed by atoms with E-state index in [1.165, 1.54) is 0 Å². The maximum atomic E-state index is 6.20. The van der Waals surface area contributed by atoms with E-state index in [-0.39, 0.29) is 24.0 Å². The number of nitrogens with zero attached hydrogens (tertiary/aromatic N) is 2. The molecule has 2 N–H and O–H groups in total. The summed E-state index contributed by atoms with van der Waals surface area (Å²) >= 11 is 6.20. The zero-order chi connectivity index (χ0) is 20.3. The Morgan fingerprint density at radius 2 is 1.77 bits per heavy atom. The molecule has 1 heterocycles. The molecule has 0 fully saturated rings. The molecule has 0 aliphatic rings.